The SMILES string of the molecule is CCCCCCCCCCCC(=O)N(CCN(CCO)CC(=O)O)CC(O)CS(=O)(=O)O. The fourth-order valence-corrected chi connectivity index (χ4v) is 4.07. The van der Waals surface area contributed by atoms with Crippen LogP contribution in [-0.4, -0.2) is 101 Å². The highest BCUT2D eigenvalue weighted by Gasteiger charge is 2.22. The molecule has 32 heavy (non-hydrogen) atoms. The van der Waals surface area contributed by atoms with Crippen LogP contribution in [0.5, 0.6) is 0 Å². The Bertz CT molecular complexity index is 615. The number of hydrogen-bond donors (Lipinski definition) is 4. The highest BCUT2D eigenvalue weighted by molar-refractivity contribution is 7.85. The van der Waals surface area contributed by atoms with Crippen LogP contribution in [0.15, 0.2) is 0 Å². The Hall–Kier alpha value is -1.27. The summed E-state index contributed by atoms with van der Waals surface area (Å²) in [6.45, 7) is 1.68. The van der Waals surface area contributed by atoms with Crippen molar-refractivity contribution in [1.82, 2.24) is 9.80 Å². The second-order valence-electron chi connectivity index (χ2n) is 8.21. The molecule has 0 aliphatic heterocycles. The molecule has 190 valence electrons. The maximum absolute atomic E-state index is 12.7. The van der Waals surface area contributed by atoms with E-state index >= 15 is 0 Å². The van der Waals surface area contributed by atoms with Crippen molar-refractivity contribution in [3.05, 3.63) is 0 Å². The third kappa shape index (κ3) is 18.3. The predicted molar refractivity (Wildman–Crippen MR) is 122 cm³/mol. The van der Waals surface area contributed by atoms with Gasteiger partial charge in [0.25, 0.3) is 10.1 Å². The number of nitrogens with zero attached hydrogens (tertiary/aromatic N) is 2. The molecule has 0 bridgehead atoms. The van der Waals surface area contributed by atoms with Crippen LogP contribution < -0.4 is 0 Å². The first kappa shape index (κ1) is 30.7. The molecule has 0 aromatic rings. The van der Waals surface area contributed by atoms with Crippen molar-refractivity contribution >= 4 is 22.0 Å². The summed E-state index contributed by atoms with van der Waals surface area (Å²) < 4.78 is 30.9. The molecule has 0 radical (unpaired) electrons. The van der Waals surface area contributed by atoms with Crippen molar-refractivity contribution in [3.8, 4) is 0 Å². The molecular formula is C21H42N2O8S. The van der Waals surface area contributed by atoms with Crippen LogP contribution in [0.2, 0.25) is 0 Å². The second kappa shape index (κ2) is 18.2. The minimum Gasteiger partial charge on any atom is -0.480 e. The Kier molecular flexibility index (Phi) is 17.5. The average molecular weight is 483 g/mol. The number of unbranched alkanes of at least 4 members (excludes halogenated alkanes) is 8. The molecule has 0 aromatic heterocycles. The van der Waals surface area contributed by atoms with Crippen LogP contribution in [-0.2, 0) is 19.7 Å². The number of carbonyl (C=O) groups excluding carboxylic acids is 1. The van der Waals surface area contributed by atoms with Gasteiger partial charge in [0.15, 0.2) is 0 Å². The Balaban J connectivity index is 4.63. The van der Waals surface area contributed by atoms with Crippen molar-refractivity contribution in [2.75, 3.05) is 45.1 Å². The Labute approximate surface area is 192 Å². The van der Waals surface area contributed by atoms with E-state index < -0.39 is 27.9 Å². The van der Waals surface area contributed by atoms with Gasteiger partial charge in [-0.1, -0.05) is 58.3 Å². The zero-order chi connectivity index (χ0) is 24.4. The van der Waals surface area contributed by atoms with E-state index in [0.29, 0.717) is 6.42 Å². The van der Waals surface area contributed by atoms with Gasteiger partial charge in [-0.3, -0.25) is 19.0 Å². The summed E-state index contributed by atoms with van der Waals surface area (Å²) >= 11 is 0. The van der Waals surface area contributed by atoms with E-state index in [4.69, 9.17) is 14.8 Å². The van der Waals surface area contributed by atoms with Crippen molar-refractivity contribution in [2.45, 2.75) is 77.2 Å². The summed E-state index contributed by atoms with van der Waals surface area (Å²) in [5.41, 5.74) is 0. The lowest BCUT2D eigenvalue weighted by molar-refractivity contribution is -0.138. The molecule has 0 spiro atoms. The van der Waals surface area contributed by atoms with E-state index in [0.717, 1.165) is 19.3 Å². The van der Waals surface area contributed by atoms with Gasteiger partial charge in [-0.2, -0.15) is 8.42 Å². The molecule has 0 rings (SSSR count). The number of aliphatic hydroxyl groups is 2. The Morgan fingerprint density at radius 2 is 1.47 bits per heavy atom. The van der Waals surface area contributed by atoms with Gasteiger partial charge in [0.1, 0.15) is 5.75 Å². The van der Waals surface area contributed by atoms with Gasteiger partial charge in [-0.15, -0.1) is 0 Å². The minimum absolute atomic E-state index is 0.0755. The number of rotatable bonds is 21. The summed E-state index contributed by atoms with van der Waals surface area (Å²) in [4.78, 5) is 26.4. The number of carboxylic acid groups (broad SMARTS) is 1. The smallest absolute Gasteiger partial charge is 0.317 e. The first-order chi connectivity index (χ1) is 15.1. The van der Waals surface area contributed by atoms with Gasteiger partial charge in [-0.05, 0) is 6.42 Å². The normalized spacial score (nSPS) is 12.8. The quantitative estimate of drug-likeness (QED) is 0.140. The fourth-order valence-electron chi connectivity index (χ4n) is 3.48. The summed E-state index contributed by atoms with van der Waals surface area (Å²) in [6, 6.07) is 0. The maximum Gasteiger partial charge on any atom is 0.317 e. The average Bonchev–Trinajstić information content (AvgIpc) is 2.67. The third-order valence-corrected chi connectivity index (χ3v) is 5.95. The van der Waals surface area contributed by atoms with Crippen LogP contribution >= 0.6 is 0 Å². The largest absolute Gasteiger partial charge is 0.480 e. The monoisotopic (exact) mass is 482 g/mol. The van der Waals surface area contributed by atoms with Crippen LogP contribution in [0.25, 0.3) is 0 Å². The molecule has 0 aliphatic rings. The number of aliphatic hydroxyl groups excluding tert-OH is 2. The molecule has 1 amide bonds. The topological polar surface area (TPSA) is 156 Å². The van der Waals surface area contributed by atoms with E-state index in [1.54, 1.807) is 0 Å². The molecule has 0 aromatic carbocycles. The molecule has 4 N–H and O–H groups in total. The zero-order valence-corrected chi connectivity index (χ0v) is 20.1. The number of carbonyl (C=O) groups is 2. The van der Waals surface area contributed by atoms with Gasteiger partial charge in [0, 0.05) is 32.6 Å². The minimum atomic E-state index is -4.40. The van der Waals surface area contributed by atoms with Crippen LogP contribution in [0, 0.1) is 0 Å². The first-order valence-corrected chi connectivity index (χ1v) is 13.2. The van der Waals surface area contributed by atoms with E-state index in [2.05, 4.69) is 6.92 Å². The van der Waals surface area contributed by atoms with Crippen LogP contribution in [0.4, 0.5) is 0 Å². The van der Waals surface area contributed by atoms with Gasteiger partial charge < -0.3 is 20.2 Å². The van der Waals surface area contributed by atoms with Crippen molar-refractivity contribution in [1.29, 1.82) is 0 Å². The number of carboxylic acids is 1. The molecule has 10 nitrogen and oxygen atoms in total. The molecule has 0 heterocycles. The summed E-state index contributed by atoms with van der Waals surface area (Å²) in [7, 11) is -4.40. The molecule has 0 aliphatic carbocycles. The lowest BCUT2D eigenvalue weighted by Gasteiger charge is -2.28. The number of amides is 1. The van der Waals surface area contributed by atoms with E-state index in [1.165, 1.54) is 41.9 Å². The molecule has 0 fully saturated rings. The molecule has 1 atom stereocenters. The van der Waals surface area contributed by atoms with Gasteiger partial charge >= 0.3 is 5.97 Å². The van der Waals surface area contributed by atoms with E-state index in [-0.39, 0.29) is 51.7 Å². The van der Waals surface area contributed by atoms with Gasteiger partial charge in [0.05, 0.1) is 19.3 Å². The Morgan fingerprint density at radius 1 is 0.906 bits per heavy atom. The lowest BCUT2D eigenvalue weighted by atomic mass is 10.1. The standard InChI is InChI=1S/C21H42N2O8S/c1-2-3-4-5-6-7-8-9-10-11-20(26)23(16-19(25)18-32(29,30)31)13-12-22(14-15-24)17-21(27)28/h19,24-25H,2-18H2,1H3,(H,27,28)(H,29,30,31). The van der Waals surface area contributed by atoms with Crippen molar-refractivity contribution in [3.63, 3.8) is 0 Å². The first-order valence-electron chi connectivity index (χ1n) is 11.5. The van der Waals surface area contributed by atoms with Gasteiger partial charge in [0.2, 0.25) is 5.91 Å². The number of aliphatic carboxylic acids is 1. The lowest BCUT2D eigenvalue weighted by Crippen LogP contribution is -2.45. The van der Waals surface area contributed by atoms with Gasteiger partial charge in [-0.25, -0.2) is 0 Å². The van der Waals surface area contributed by atoms with E-state index in [1.807, 2.05) is 0 Å². The zero-order valence-electron chi connectivity index (χ0n) is 19.3. The summed E-state index contributed by atoms with van der Waals surface area (Å²) in [5.74, 6) is -2.22. The summed E-state index contributed by atoms with van der Waals surface area (Å²) in [6.07, 6.45) is 8.67. The molecule has 0 saturated heterocycles. The molecule has 1 unspecified atom stereocenters. The maximum atomic E-state index is 12.7. The predicted octanol–water partition coefficient (Wildman–Crippen LogP) is 1.36. The van der Waals surface area contributed by atoms with Crippen molar-refractivity contribution in [2.24, 2.45) is 0 Å². The summed E-state index contributed by atoms with van der Waals surface area (Å²) in [5, 5.41) is 28.0. The highest BCUT2D eigenvalue weighted by Crippen LogP contribution is 2.12. The molecule has 0 saturated carbocycles. The second-order valence-corrected chi connectivity index (χ2v) is 9.71. The number of hydrogen-bond acceptors (Lipinski definition) is 7. The Morgan fingerprint density at radius 3 is 1.97 bits per heavy atom. The van der Waals surface area contributed by atoms with Crippen LogP contribution in [0.1, 0.15) is 71.1 Å². The van der Waals surface area contributed by atoms with Crippen LogP contribution in [0.3, 0.4) is 0 Å². The molecular weight excluding hydrogens is 440 g/mol. The third-order valence-electron chi connectivity index (χ3n) is 5.14. The molecule has 11 heteroatoms. The highest BCUT2D eigenvalue weighted by atomic mass is 32.2. The fraction of sp³-hybridized carbons (Fsp3) is 0.905. The van der Waals surface area contributed by atoms with Crippen molar-refractivity contribution < 1.29 is 37.9 Å². The van der Waals surface area contributed by atoms with E-state index in [9.17, 15) is 23.1 Å².